The molecule has 5 atom stereocenters. The van der Waals surface area contributed by atoms with Gasteiger partial charge in [0.2, 0.25) is 0 Å². The summed E-state index contributed by atoms with van der Waals surface area (Å²) >= 11 is 0. The monoisotopic (exact) mass is 560 g/mol. The molecule has 0 spiro atoms. The predicted molar refractivity (Wildman–Crippen MR) is 114 cm³/mol. The fourth-order valence-electron chi connectivity index (χ4n) is 3.98. The van der Waals surface area contributed by atoms with Crippen molar-refractivity contribution in [3.63, 3.8) is 0 Å². The van der Waals surface area contributed by atoms with E-state index in [1.165, 1.54) is 13.0 Å². The Bertz CT molecular complexity index is 1200. The van der Waals surface area contributed by atoms with Crippen molar-refractivity contribution in [3.05, 3.63) is 81.9 Å². The fourth-order valence-corrected chi connectivity index (χ4v) is 3.98. The van der Waals surface area contributed by atoms with Gasteiger partial charge in [-0.2, -0.15) is 0 Å². The van der Waals surface area contributed by atoms with E-state index >= 15 is 0 Å². The van der Waals surface area contributed by atoms with E-state index in [9.17, 15) is 65.8 Å². The molecule has 0 heterocycles. The highest BCUT2D eigenvalue weighted by molar-refractivity contribution is 5.29. The zero-order valence-electron chi connectivity index (χ0n) is 19.6. The van der Waals surface area contributed by atoms with Gasteiger partial charge in [-0.1, -0.05) is 12.2 Å². The Morgan fingerprint density at radius 3 is 1.61 bits per heavy atom. The van der Waals surface area contributed by atoms with Crippen molar-refractivity contribution in [2.75, 3.05) is 6.61 Å². The average Bonchev–Trinajstić information content (AvgIpc) is 2.88. The largest absolute Gasteiger partial charge is 0.394 e. The molecular weight excluding hydrogens is 536 g/mol. The second-order valence-corrected chi connectivity index (χ2v) is 8.71. The van der Waals surface area contributed by atoms with Gasteiger partial charge in [-0.15, -0.1) is 0 Å². The number of hydrogen-bond acceptors (Lipinski definition) is 6. The van der Waals surface area contributed by atoms with Gasteiger partial charge in [-0.3, -0.25) is 0 Å². The van der Waals surface area contributed by atoms with Crippen molar-refractivity contribution in [2.24, 2.45) is 0 Å². The molecule has 6 N–H and O–H groups in total. The average molecular weight is 560 g/mol. The Balaban J connectivity index is 2.75. The minimum Gasteiger partial charge on any atom is -0.394 e. The minimum atomic E-state index is -3.56. The highest BCUT2D eigenvalue weighted by Gasteiger charge is 2.55. The standard InChI is InChI=1S/C24H24F8O6/c1-2-3-4-23(37,7-10-12(25)5-14(27)19(31)17(10)29)22(36)24(38,21(35)16(34)9-33)8-11-13(26)6-15(28)20(32)18(11)30/h2-3,5-6,16,21-22,33-38H,4,7-9H2,1H3/b3-2+/t16-,21+,22+,23?,24+/m0/s1. The van der Waals surface area contributed by atoms with Crippen LogP contribution in [0.5, 0.6) is 0 Å². The molecule has 1 unspecified atom stereocenters. The summed E-state index contributed by atoms with van der Waals surface area (Å²) in [4.78, 5) is 0. The lowest BCUT2D eigenvalue weighted by molar-refractivity contribution is -0.228. The van der Waals surface area contributed by atoms with Gasteiger partial charge < -0.3 is 30.6 Å². The summed E-state index contributed by atoms with van der Waals surface area (Å²) in [5, 5.41) is 63.1. The maximum absolute atomic E-state index is 14.4. The summed E-state index contributed by atoms with van der Waals surface area (Å²) in [5.74, 6) is -16.3. The SMILES string of the molecule is C/C=C/CC(O)(Cc1c(F)cc(F)c(F)c1F)[C@@H](O)[C@@](O)(Cc1c(F)cc(F)c(F)c1F)[C@H](O)[C@@H](O)CO. The smallest absolute Gasteiger partial charge is 0.194 e. The lowest BCUT2D eigenvalue weighted by atomic mass is 9.71. The molecule has 0 aliphatic carbocycles. The first-order valence-corrected chi connectivity index (χ1v) is 10.9. The summed E-state index contributed by atoms with van der Waals surface area (Å²) in [5.41, 5.74) is -9.47. The molecule has 212 valence electrons. The van der Waals surface area contributed by atoms with E-state index in [4.69, 9.17) is 0 Å². The molecule has 0 amide bonds. The first-order chi connectivity index (χ1) is 17.5. The summed E-state index contributed by atoms with van der Waals surface area (Å²) in [7, 11) is 0. The van der Waals surface area contributed by atoms with E-state index < -0.39 is 113 Å². The lowest BCUT2D eigenvalue weighted by Gasteiger charge is -2.46. The van der Waals surface area contributed by atoms with Gasteiger partial charge in [-0.05, 0) is 13.3 Å². The van der Waals surface area contributed by atoms with Crippen molar-refractivity contribution in [1.82, 2.24) is 0 Å². The highest BCUT2D eigenvalue weighted by Crippen LogP contribution is 2.37. The van der Waals surface area contributed by atoms with Crippen LogP contribution < -0.4 is 0 Å². The van der Waals surface area contributed by atoms with Crippen LogP contribution in [-0.2, 0) is 12.8 Å². The van der Waals surface area contributed by atoms with E-state index in [0.29, 0.717) is 0 Å². The van der Waals surface area contributed by atoms with Gasteiger partial charge in [0.15, 0.2) is 34.9 Å². The van der Waals surface area contributed by atoms with Crippen molar-refractivity contribution in [1.29, 1.82) is 0 Å². The molecule has 0 saturated heterocycles. The Labute approximate surface area is 210 Å². The van der Waals surface area contributed by atoms with Crippen LogP contribution in [0.1, 0.15) is 24.5 Å². The molecule has 0 fully saturated rings. The molecule has 2 aromatic carbocycles. The van der Waals surface area contributed by atoms with Gasteiger partial charge in [0.05, 0.1) is 6.61 Å². The van der Waals surface area contributed by atoms with Crippen LogP contribution in [0.15, 0.2) is 24.3 Å². The zero-order chi connectivity index (χ0) is 29.2. The number of halogens is 8. The van der Waals surface area contributed by atoms with E-state index in [1.807, 2.05) is 0 Å². The van der Waals surface area contributed by atoms with E-state index in [1.54, 1.807) is 0 Å². The predicted octanol–water partition coefficient (Wildman–Crippen LogP) is 2.09. The first-order valence-electron chi connectivity index (χ1n) is 10.9. The van der Waals surface area contributed by atoms with Crippen molar-refractivity contribution in [3.8, 4) is 0 Å². The van der Waals surface area contributed by atoms with Crippen LogP contribution in [0.2, 0.25) is 0 Å². The van der Waals surface area contributed by atoms with E-state index in [-0.39, 0.29) is 12.1 Å². The number of allylic oxidation sites excluding steroid dienone is 1. The molecule has 0 aliphatic heterocycles. The lowest BCUT2D eigenvalue weighted by Crippen LogP contribution is -2.66. The molecule has 6 nitrogen and oxygen atoms in total. The molecule has 14 heteroatoms. The van der Waals surface area contributed by atoms with Crippen molar-refractivity contribution < 1.29 is 65.8 Å². The molecule has 0 bridgehead atoms. The fraction of sp³-hybridized carbons (Fsp3) is 0.417. The van der Waals surface area contributed by atoms with Crippen molar-refractivity contribution >= 4 is 0 Å². The van der Waals surface area contributed by atoms with Crippen LogP contribution in [0.4, 0.5) is 35.1 Å². The van der Waals surface area contributed by atoms with Gasteiger partial charge in [0, 0.05) is 36.1 Å². The van der Waals surface area contributed by atoms with Gasteiger partial charge in [-0.25, -0.2) is 35.1 Å². The second kappa shape index (κ2) is 12.1. The third-order valence-corrected chi connectivity index (χ3v) is 6.11. The summed E-state index contributed by atoms with van der Waals surface area (Å²) < 4.78 is 112. The van der Waals surface area contributed by atoms with Gasteiger partial charge in [0.1, 0.15) is 41.1 Å². The Hall–Kier alpha value is -2.62. The number of aliphatic hydroxyl groups is 6. The molecule has 0 aliphatic rings. The van der Waals surface area contributed by atoms with Crippen LogP contribution in [0, 0.1) is 46.5 Å². The normalized spacial score (nSPS) is 17.8. The van der Waals surface area contributed by atoms with Crippen molar-refractivity contribution in [2.45, 2.75) is 55.7 Å². The van der Waals surface area contributed by atoms with Crippen LogP contribution in [0.25, 0.3) is 0 Å². The van der Waals surface area contributed by atoms with Gasteiger partial charge in [0.25, 0.3) is 0 Å². The molecule has 2 rings (SSSR count). The third-order valence-electron chi connectivity index (χ3n) is 6.11. The molecule has 0 saturated carbocycles. The van der Waals surface area contributed by atoms with E-state index in [0.717, 1.165) is 6.08 Å². The van der Waals surface area contributed by atoms with Gasteiger partial charge >= 0.3 is 0 Å². The minimum absolute atomic E-state index is 0.0845. The quantitative estimate of drug-likeness (QED) is 0.108. The number of benzene rings is 2. The Morgan fingerprint density at radius 1 is 0.737 bits per heavy atom. The maximum Gasteiger partial charge on any atom is 0.194 e. The summed E-state index contributed by atoms with van der Waals surface area (Å²) in [6.07, 6.45) is -9.92. The molecule has 0 aromatic heterocycles. The zero-order valence-corrected chi connectivity index (χ0v) is 19.6. The Morgan fingerprint density at radius 2 is 1.18 bits per heavy atom. The maximum atomic E-state index is 14.4. The number of hydrogen-bond donors (Lipinski definition) is 6. The number of aliphatic hydroxyl groups excluding tert-OH is 4. The molecule has 38 heavy (non-hydrogen) atoms. The van der Waals surface area contributed by atoms with E-state index in [2.05, 4.69) is 0 Å². The summed E-state index contributed by atoms with van der Waals surface area (Å²) in [6, 6.07) is -0.230. The molecular formula is C24H24F8O6. The van der Waals surface area contributed by atoms with Crippen LogP contribution in [-0.4, -0.2) is 66.8 Å². The third kappa shape index (κ3) is 6.00. The topological polar surface area (TPSA) is 121 Å². The molecule has 0 radical (unpaired) electrons. The van der Waals surface area contributed by atoms with Crippen LogP contribution >= 0.6 is 0 Å². The number of rotatable bonds is 11. The Kier molecular flexibility index (Phi) is 10.0. The second-order valence-electron chi connectivity index (χ2n) is 8.71. The first kappa shape index (κ1) is 31.6. The summed E-state index contributed by atoms with van der Waals surface area (Å²) in [6.45, 7) is 0.0206. The van der Waals surface area contributed by atoms with Crippen LogP contribution in [0.3, 0.4) is 0 Å². The highest BCUT2D eigenvalue weighted by atomic mass is 19.2. The molecule has 2 aromatic rings.